The van der Waals surface area contributed by atoms with E-state index >= 15 is 0 Å². The minimum Gasteiger partial charge on any atom is -0.370 e. The van der Waals surface area contributed by atoms with Crippen molar-refractivity contribution in [1.82, 2.24) is 4.31 Å². The van der Waals surface area contributed by atoms with Gasteiger partial charge in [-0.2, -0.15) is 4.31 Å². The average molecular weight is 629 g/mol. The summed E-state index contributed by atoms with van der Waals surface area (Å²) >= 11 is 0. The van der Waals surface area contributed by atoms with Crippen molar-refractivity contribution in [2.75, 3.05) is 41.1 Å². The van der Waals surface area contributed by atoms with Gasteiger partial charge in [0.25, 0.3) is 15.9 Å². The molecule has 3 aromatic rings. The fraction of sp³-hybridized carbons (Fsp3) is 0.296. The maximum atomic E-state index is 13.6. The number of carbonyl (C=O) groups excluding carboxylic acids is 1. The number of anilines is 3. The van der Waals surface area contributed by atoms with Crippen LogP contribution in [0.5, 0.6) is 0 Å². The molecule has 4 rings (SSSR count). The summed E-state index contributed by atoms with van der Waals surface area (Å²) in [6.07, 6.45) is 1.93. The summed E-state index contributed by atoms with van der Waals surface area (Å²) in [5, 5.41) is 2.79. The maximum Gasteiger partial charge on any atom is 0.261 e. The predicted molar refractivity (Wildman–Crippen MR) is 157 cm³/mol. The zero-order chi connectivity index (χ0) is 29.1. The zero-order valence-corrected chi connectivity index (χ0v) is 24.9. The minimum atomic E-state index is -4.27. The molecule has 0 spiro atoms. The molecule has 1 saturated heterocycles. The summed E-state index contributed by atoms with van der Waals surface area (Å²) in [7, 11) is -8.06. The van der Waals surface area contributed by atoms with E-state index in [2.05, 4.69) is 14.9 Å². The van der Waals surface area contributed by atoms with E-state index in [4.69, 9.17) is 0 Å². The number of benzene rings is 3. The average Bonchev–Trinajstić information content (AvgIpc) is 3.45. The highest BCUT2D eigenvalue weighted by molar-refractivity contribution is 7.92. The number of hydrogen-bond donors (Lipinski definition) is 2. The molecule has 0 aromatic heterocycles. The van der Waals surface area contributed by atoms with Gasteiger partial charge in [-0.05, 0) is 67.4 Å². The standard InChI is InChI=1S/C27H30F2N4O5S2.ClH/c1-3-33(4-2)40(37,38)22-11-13-26(32-14-5-6-15-32)25(18-22)30-27(34)19-8-7-9-20(16-19)31-39(35,36)21-10-12-23(28)24(29)17-21;/h7-13,16-18,31H,3-6,14-15H2,1-2H3,(H,30,34);1H. The van der Waals surface area contributed by atoms with Crippen LogP contribution in [0.3, 0.4) is 0 Å². The van der Waals surface area contributed by atoms with Crippen LogP contribution in [0.15, 0.2) is 70.5 Å². The first-order valence-corrected chi connectivity index (χ1v) is 15.7. The summed E-state index contributed by atoms with van der Waals surface area (Å²) in [4.78, 5) is 14.9. The number of nitrogens with one attached hydrogen (secondary N) is 2. The van der Waals surface area contributed by atoms with E-state index in [0.717, 1.165) is 32.0 Å². The molecule has 0 saturated carbocycles. The van der Waals surface area contributed by atoms with Gasteiger partial charge in [0, 0.05) is 37.4 Å². The third-order valence-electron chi connectivity index (χ3n) is 6.58. The van der Waals surface area contributed by atoms with Gasteiger partial charge >= 0.3 is 0 Å². The summed E-state index contributed by atoms with van der Waals surface area (Å²) < 4.78 is 82.1. The Labute approximate surface area is 245 Å². The first-order chi connectivity index (χ1) is 19.0. The molecule has 14 heteroatoms. The van der Waals surface area contributed by atoms with Gasteiger partial charge in [-0.1, -0.05) is 19.9 Å². The second-order valence-electron chi connectivity index (χ2n) is 9.18. The first kappa shape index (κ1) is 32.3. The third-order valence-corrected chi connectivity index (χ3v) is 10.0. The first-order valence-electron chi connectivity index (χ1n) is 12.7. The van der Waals surface area contributed by atoms with Crippen molar-refractivity contribution in [3.8, 4) is 0 Å². The second-order valence-corrected chi connectivity index (χ2v) is 12.8. The number of sulfonamides is 2. The molecule has 0 atom stereocenters. The SMILES string of the molecule is CCN(CC)S(=O)(=O)c1ccc(N2CCCC2)c(NC(=O)c2cccc(NS(=O)(=O)c3ccc(F)c(F)c3)c2)c1.Cl. The van der Waals surface area contributed by atoms with Gasteiger partial charge in [-0.3, -0.25) is 9.52 Å². The van der Waals surface area contributed by atoms with Crippen LogP contribution in [-0.2, 0) is 20.0 Å². The summed E-state index contributed by atoms with van der Waals surface area (Å²) in [6.45, 7) is 5.59. The largest absolute Gasteiger partial charge is 0.370 e. The smallest absolute Gasteiger partial charge is 0.261 e. The molecule has 1 fully saturated rings. The van der Waals surface area contributed by atoms with E-state index in [9.17, 15) is 30.4 Å². The highest BCUT2D eigenvalue weighted by atomic mass is 35.5. The summed E-state index contributed by atoms with van der Waals surface area (Å²) in [5.74, 6) is -3.08. The molecule has 0 unspecified atom stereocenters. The molecule has 9 nitrogen and oxygen atoms in total. The van der Waals surface area contributed by atoms with E-state index in [1.807, 2.05) is 0 Å². The van der Waals surface area contributed by atoms with Crippen LogP contribution in [0.1, 0.15) is 37.0 Å². The van der Waals surface area contributed by atoms with Gasteiger partial charge in [0.05, 0.1) is 21.2 Å². The van der Waals surface area contributed by atoms with Crippen LogP contribution in [0.25, 0.3) is 0 Å². The molecule has 1 amide bonds. The lowest BCUT2D eigenvalue weighted by Crippen LogP contribution is -2.31. The Morgan fingerprint density at radius 1 is 0.878 bits per heavy atom. The Morgan fingerprint density at radius 2 is 1.54 bits per heavy atom. The second kappa shape index (κ2) is 13.1. The minimum absolute atomic E-state index is 0. The molecule has 1 aliphatic heterocycles. The lowest BCUT2D eigenvalue weighted by atomic mass is 10.1. The molecule has 1 aliphatic rings. The Kier molecular flexibility index (Phi) is 10.3. The summed E-state index contributed by atoms with van der Waals surface area (Å²) in [5.41, 5.74) is 1.11. The van der Waals surface area contributed by atoms with Crippen molar-refractivity contribution in [2.45, 2.75) is 36.5 Å². The van der Waals surface area contributed by atoms with Crippen LogP contribution >= 0.6 is 12.4 Å². The Balaban J connectivity index is 0.00000462. The third kappa shape index (κ3) is 7.15. The topological polar surface area (TPSA) is 116 Å². The number of amides is 1. The maximum absolute atomic E-state index is 13.6. The Bertz CT molecular complexity index is 1630. The van der Waals surface area contributed by atoms with Crippen LogP contribution in [0, 0.1) is 11.6 Å². The van der Waals surface area contributed by atoms with Gasteiger partial charge in [-0.25, -0.2) is 25.6 Å². The molecule has 1 heterocycles. The van der Waals surface area contributed by atoms with Crippen molar-refractivity contribution in [1.29, 1.82) is 0 Å². The Morgan fingerprint density at radius 3 is 2.17 bits per heavy atom. The molecular weight excluding hydrogens is 598 g/mol. The lowest BCUT2D eigenvalue weighted by molar-refractivity contribution is 0.102. The molecule has 0 aliphatic carbocycles. The van der Waals surface area contributed by atoms with Crippen LogP contribution in [0.2, 0.25) is 0 Å². The van der Waals surface area contributed by atoms with Gasteiger partial charge < -0.3 is 10.2 Å². The van der Waals surface area contributed by atoms with Gasteiger partial charge in [0.1, 0.15) is 0 Å². The van der Waals surface area contributed by atoms with E-state index < -0.39 is 42.5 Å². The van der Waals surface area contributed by atoms with Gasteiger partial charge in [0.2, 0.25) is 10.0 Å². The number of halogens is 3. The van der Waals surface area contributed by atoms with Crippen LogP contribution in [0.4, 0.5) is 25.8 Å². The molecule has 41 heavy (non-hydrogen) atoms. The number of hydrogen-bond acceptors (Lipinski definition) is 6. The van der Waals surface area contributed by atoms with Crippen molar-refractivity contribution >= 4 is 55.4 Å². The quantitative estimate of drug-likeness (QED) is 0.324. The van der Waals surface area contributed by atoms with Crippen LogP contribution < -0.4 is 14.9 Å². The van der Waals surface area contributed by atoms with Gasteiger partial charge in [-0.15, -0.1) is 12.4 Å². The molecule has 0 bridgehead atoms. The van der Waals surface area contributed by atoms with Crippen molar-refractivity contribution < 1.29 is 30.4 Å². The fourth-order valence-corrected chi connectivity index (χ4v) is 7.04. The van der Waals surface area contributed by atoms with Crippen LogP contribution in [-0.4, -0.2) is 53.2 Å². The highest BCUT2D eigenvalue weighted by Crippen LogP contribution is 2.33. The highest BCUT2D eigenvalue weighted by Gasteiger charge is 2.25. The van der Waals surface area contributed by atoms with E-state index in [-0.39, 0.29) is 28.6 Å². The zero-order valence-electron chi connectivity index (χ0n) is 22.4. The predicted octanol–water partition coefficient (Wildman–Crippen LogP) is 5.07. The molecule has 3 aromatic carbocycles. The van der Waals surface area contributed by atoms with Gasteiger partial charge in [0.15, 0.2) is 11.6 Å². The number of nitrogens with zero attached hydrogens (tertiary/aromatic N) is 2. The van der Waals surface area contributed by atoms with Crippen molar-refractivity contribution in [3.63, 3.8) is 0 Å². The monoisotopic (exact) mass is 628 g/mol. The number of carbonyl (C=O) groups is 1. The summed E-state index contributed by atoms with van der Waals surface area (Å²) in [6, 6.07) is 12.5. The van der Waals surface area contributed by atoms with Crippen molar-refractivity contribution in [3.05, 3.63) is 77.9 Å². The van der Waals surface area contributed by atoms with E-state index in [1.54, 1.807) is 19.9 Å². The van der Waals surface area contributed by atoms with E-state index in [1.165, 1.54) is 40.7 Å². The number of rotatable bonds is 10. The molecule has 0 radical (unpaired) electrons. The fourth-order valence-electron chi connectivity index (χ4n) is 4.50. The molecular formula is C27H31ClF2N4O5S2. The Hall–Kier alpha value is -3.26. The van der Waals surface area contributed by atoms with Crippen molar-refractivity contribution in [2.24, 2.45) is 0 Å². The lowest BCUT2D eigenvalue weighted by Gasteiger charge is -2.24. The molecule has 222 valence electrons. The molecule has 2 N–H and O–H groups in total. The normalized spacial score (nSPS) is 13.6. The van der Waals surface area contributed by atoms with E-state index in [0.29, 0.717) is 36.6 Å².